The van der Waals surface area contributed by atoms with Crippen LogP contribution in [0.15, 0.2) is 22.0 Å². The monoisotopic (exact) mass is 302 g/mol. The van der Waals surface area contributed by atoms with Crippen molar-refractivity contribution in [2.75, 3.05) is 5.73 Å². The van der Waals surface area contributed by atoms with E-state index in [1.165, 1.54) is 49.8 Å². The first-order valence-corrected chi connectivity index (χ1v) is 9.00. The summed E-state index contributed by atoms with van der Waals surface area (Å²) in [6, 6.07) is 4.18. The van der Waals surface area contributed by atoms with Gasteiger partial charge in [0.1, 0.15) is 0 Å². The Labute approximate surface area is 129 Å². The lowest BCUT2D eigenvalue weighted by atomic mass is 9.66. The van der Waals surface area contributed by atoms with E-state index in [2.05, 4.69) is 22.7 Å². The van der Waals surface area contributed by atoms with Crippen LogP contribution in [0.5, 0.6) is 0 Å². The first kappa shape index (κ1) is 13.4. The molecule has 3 unspecified atom stereocenters. The Kier molecular flexibility index (Phi) is 3.49. The van der Waals surface area contributed by atoms with Crippen LogP contribution >= 0.6 is 11.3 Å². The van der Waals surface area contributed by atoms with Gasteiger partial charge in [0.2, 0.25) is 5.88 Å². The van der Waals surface area contributed by atoms with E-state index in [1.54, 1.807) is 11.3 Å². The average Bonchev–Trinajstić information content (AvgIpc) is 3.15. The van der Waals surface area contributed by atoms with Gasteiger partial charge < -0.3 is 10.3 Å². The van der Waals surface area contributed by atoms with Gasteiger partial charge in [0.15, 0.2) is 0 Å². The van der Waals surface area contributed by atoms with Crippen LogP contribution in [-0.4, -0.2) is 5.16 Å². The largest absolute Gasteiger partial charge is 0.367 e. The van der Waals surface area contributed by atoms with E-state index in [0.29, 0.717) is 11.8 Å². The van der Waals surface area contributed by atoms with E-state index in [0.717, 1.165) is 23.1 Å². The van der Waals surface area contributed by atoms with Crippen LogP contribution in [0.2, 0.25) is 0 Å². The normalized spacial score (nSPS) is 29.2. The molecule has 4 heteroatoms. The number of hydrogen-bond acceptors (Lipinski definition) is 4. The Bertz CT molecular complexity index is 604. The molecule has 0 bridgehead atoms. The van der Waals surface area contributed by atoms with E-state index in [9.17, 15) is 0 Å². The lowest BCUT2D eigenvalue weighted by Gasteiger charge is -2.38. The molecule has 2 aliphatic rings. The molecular weight excluding hydrogens is 280 g/mol. The molecule has 0 amide bonds. The molecule has 2 heterocycles. The van der Waals surface area contributed by atoms with Crippen LogP contribution in [0.4, 0.5) is 5.88 Å². The number of rotatable bonds is 2. The van der Waals surface area contributed by atoms with Gasteiger partial charge in [0, 0.05) is 10.8 Å². The molecule has 2 aromatic heterocycles. The van der Waals surface area contributed by atoms with Crippen molar-refractivity contribution < 1.29 is 4.52 Å². The molecule has 112 valence electrons. The fraction of sp³-hybridized carbons (Fsp3) is 0.588. The van der Waals surface area contributed by atoms with Gasteiger partial charge in [0.05, 0.1) is 11.3 Å². The van der Waals surface area contributed by atoms with Gasteiger partial charge in [-0.25, -0.2) is 0 Å². The van der Waals surface area contributed by atoms with Crippen molar-refractivity contribution in [2.45, 2.75) is 50.9 Å². The molecule has 3 atom stereocenters. The van der Waals surface area contributed by atoms with Gasteiger partial charge in [-0.05, 0) is 42.5 Å². The number of nitrogens with two attached hydrogens (primary N) is 1. The van der Waals surface area contributed by atoms with Crippen molar-refractivity contribution in [1.29, 1.82) is 0 Å². The highest BCUT2D eigenvalue weighted by molar-refractivity contribution is 7.13. The number of nitrogens with zero attached hydrogens (tertiary/aromatic N) is 1. The van der Waals surface area contributed by atoms with E-state index in [-0.39, 0.29) is 0 Å². The minimum absolute atomic E-state index is 0.484. The maximum absolute atomic E-state index is 6.05. The number of aromatic nitrogens is 1. The van der Waals surface area contributed by atoms with Gasteiger partial charge in [0.25, 0.3) is 0 Å². The molecule has 2 N–H and O–H groups in total. The Morgan fingerprint density at radius 1 is 1.14 bits per heavy atom. The Balaban J connectivity index is 1.62. The van der Waals surface area contributed by atoms with Crippen molar-refractivity contribution in [3.05, 3.63) is 23.2 Å². The zero-order chi connectivity index (χ0) is 14.2. The Morgan fingerprint density at radius 3 is 2.81 bits per heavy atom. The average molecular weight is 302 g/mol. The molecule has 21 heavy (non-hydrogen) atoms. The summed E-state index contributed by atoms with van der Waals surface area (Å²) >= 11 is 1.72. The molecule has 0 aliphatic heterocycles. The standard InChI is InChI=1S/C17H22N2OS/c18-17-15(14-6-3-9-21-14)16(19-20-17)13-8-7-11-4-1-2-5-12(11)10-13/h3,6,9,11-13H,1-2,4-5,7-8,10,18H2. The SMILES string of the molecule is Nc1onc(C2CCC3CCCCC3C2)c1-c1cccs1. The third-order valence-electron chi connectivity index (χ3n) is 5.44. The minimum atomic E-state index is 0.484. The second-order valence-electron chi connectivity index (χ2n) is 6.60. The van der Waals surface area contributed by atoms with Crippen molar-refractivity contribution in [1.82, 2.24) is 5.16 Å². The lowest BCUT2D eigenvalue weighted by Crippen LogP contribution is -2.27. The van der Waals surface area contributed by atoms with Gasteiger partial charge >= 0.3 is 0 Å². The van der Waals surface area contributed by atoms with Crippen LogP contribution in [0, 0.1) is 11.8 Å². The lowest BCUT2D eigenvalue weighted by molar-refractivity contribution is 0.153. The highest BCUT2D eigenvalue weighted by Crippen LogP contribution is 2.48. The predicted molar refractivity (Wildman–Crippen MR) is 86.3 cm³/mol. The van der Waals surface area contributed by atoms with E-state index in [4.69, 9.17) is 10.3 Å². The first-order chi connectivity index (χ1) is 10.3. The maximum Gasteiger partial charge on any atom is 0.231 e. The van der Waals surface area contributed by atoms with E-state index in [1.807, 2.05) is 0 Å². The van der Waals surface area contributed by atoms with Gasteiger partial charge in [-0.15, -0.1) is 11.3 Å². The molecule has 0 saturated heterocycles. The summed E-state index contributed by atoms with van der Waals surface area (Å²) < 4.78 is 5.34. The summed E-state index contributed by atoms with van der Waals surface area (Å²) in [5.74, 6) is 2.87. The third-order valence-corrected chi connectivity index (χ3v) is 6.33. The van der Waals surface area contributed by atoms with Crippen molar-refractivity contribution in [2.24, 2.45) is 11.8 Å². The maximum atomic E-state index is 6.05. The second-order valence-corrected chi connectivity index (χ2v) is 7.55. The number of fused-ring (bicyclic) bond motifs is 1. The zero-order valence-electron chi connectivity index (χ0n) is 12.3. The molecule has 0 radical (unpaired) electrons. The molecule has 3 nitrogen and oxygen atoms in total. The van der Waals surface area contributed by atoms with Crippen LogP contribution in [-0.2, 0) is 0 Å². The predicted octanol–water partition coefficient (Wildman–Crippen LogP) is 5.06. The Morgan fingerprint density at radius 2 is 2.00 bits per heavy atom. The Hall–Kier alpha value is -1.29. The van der Waals surface area contributed by atoms with Crippen LogP contribution in [0.1, 0.15) is 56.6 Å². The quantitative estimate of drug-likeness (QED) is 0.843. The van der Waals surface area contributed by atoms with Crippen molar-refractivity contribution in [3.63, 3.8) is 0 Å². The highest BCUT2D eigenvalue weighted by atomic mass is 32.1. The third kappa shape index (κ3) is 2.39. The second kappa shape index (κ2) is 5.48. The van der Waals surface area contributed by atoms with Gasteiger partial charge in [-0.3, -0.25) is 0 Å². The van der Waals surface area contributed by atoms with Crippen LogP contribution in [0.3, 0.4) is 0 Å². The summed E-state index contributed by atoms with van der Waals surface area (Å²) in [6.45, 7) is 0. The molecule has 0 spiro atoms. The molecule has 2 aliphatic carbocycles. The molecule has 0 aromatic carbocycles. The molecule has 2 fully saturated rings. The first-order valence-electron chi connectivity index (χ1n) is 8.12. The van der Waals surface area contributed by atoms with E-state index >= 15 is 0 Å². The van der Waals surface area contributed by atoms with Crippen LogP contribution < -0.4 is 5.73 Å². The molecule has 2 saturated carbocycles. The summed E-state index contributed by atoms with van der Waals surface area (Å²) in [5, 5.41) is 6.43. The smallest absolute Gasteiger partial charge is 0.231 e. The van der Waals surface area contributed by atoms with E-state index < -0.39 is 0 Å². The summed E-state index contributed by atoms with van der Waals surface area (Å²) in [5.41, 5.74) is 8.22. The van der Waals surface area contributed by atoms with Gasteiger partial charge in [-0.2, -0.15) is 0 Å². The fourth-order valence-corrected chi connectivity index (χ4v) is 5.17. The topological polar surface area (TPSA) is 52.0 Å². The van der Waals surface area contributed by atoms with Gasteiger partial charge in [-0.1, -0.05) is 36.9 Å². The summed E-state index contributed by atoms with van der Waals surface area (Å²) in [7, 11) is 0. The number of thiophene rings is 1. The number of anilines is 1. The molecular formula is C17H22N2OS. The fourth-order valence-electron chi connectivity index (χ4n) is 4.38. The minimum Gasteiger partial charge on any atom is -0.367 e. The number of nitrogen functional groups attached to an aromatic ring is 1. The summed E-state index contributed by atoms with van der Waals surface area (Å²) in [4.78, 5) is 1.19. The molecule has 2 aromatic rings. The van der Waals surface area contributed by atoms with Crippen LogP contribution in [0.25, 0.3) is 10.4 Å². The summed E-state index contributed by atoms with van der Waals surface area (Å²) in [6.07, 6.45) is 9.56. The molecule has 4 rings (SSSR count). The number of hydrogen-bond donors (Lipinski definition) is 1. The highest BCUT2D eigenvalue weighted by Gasteiger charge is 2.35. The van der Waals surface area contributed by atoms with Crippen molar-refractivity contribution >= 4 is 17.2 Å². The zero-order valence-corrected chi connectivity index (χ0v) is 13.1. The van der Waals surface area contributed by atoms with Crippen molar-refractivity contribution in [3.8, 4) is 10.4 Å².